The van der Waals surface area contributed by atoms with Gasteiger partial charge in [-0.25, -0.2) is 0 Å². The largest absolute Gasteiger partial charge is 0.356 e. The lowest BCUT2D eigenvalue weighted by Crippen LogP contribution is -2.42. The van der Waals surface area contributed by atoms with Crippen molar-refractivity contribution < 1.29 is 0 Å². The minimum absolute atomic E-state index is 0.608. The maximum absolute atomic E-state index is 2.65. The van der Waals surface area contributed by atoms with Gasteiger partial charge >= 0.3 is 0 Å². The SMILES string of the molecule is CCCCCCCCCCCCCCCCC1N(CCCCCCCCCC)C=CN1C(C)C. The molecule has 0 aromatic heterocycles. The van der Waals surface area contributed by atoms with Crippen molar-refractivity contribution in [2.45, 2.75) is 188 Å². The molecule has 0 amide bonds. The van der Waals surface area contributed by atoms with Gasteiger partial charge in [-0.05, 0) is 33.1 Å². The van der Waals surface area contributed by atoms with Gasteiger partial charge in [0.05, 0.1) is 0 Å². The molecule has 0 radical (unpaired) electrons. The highest BCUT2D eigenvalue weighted by atomic mass is 15.4. The van der Waals surface area contributed by atoms with Gasteiger partial charge in [0.25, 0.3) is 0 Å². The lowest BCUT2D eigenvalue weighted by Gasteiger charge is -2.35. The van der Waals surface area contributed by atoms with E-state index in [2.05, 4.69) is 49.9 Å². The van der Waals surface area contributed by atoms with Gasteiger partial charge in [-0.3, -0.25) is 0 Å². The van der Waals surface area contributed by atoms with Crippen LogP contribution in [0.5, 0.6) is 0 Å². The molecule has 0 aromatic rings. The molecule has 0 bridgehead atoms. The fourth-order valence-corrected chi connectivity index (χ4v) is 5.54. The monoisotopic (exact) mass is 477 g/mol. The number of rotatable bonds is 25. The first kappa shape index (κ1) is 31.4. The lowest BCUT2D eigenvalue weighted by molar-refractivity contribution is 0.114. The molecule has 34 heavy (non-hydrogen) atoms. The Morgan fingerprint density at radius 2 is 0.882 bits per heavy atom. The molecule has 1 rings (SSSR count). The number of nitrogens with zero attached hydrogens (tertiary/aromatic N) is 2. The zero-order valence-electron chi connectivity index (χ0n) is 24.2. The molecule has 202 valence electrons. The van der Waals surface area contributed by atoms with Crippen molar-refractivity contribution in [1.82, 2.24) is 9.80 Å². The van der Waals surface area contributed by atoms with E-state index in [4.69, 9.17) is 0 Å². The molecular weight excluding hydrogens is 412 g/mol. The van der Waals surface area contributed by atoms with E-state index in [-0.39, 0.29) is 0 Å². The van der Waals surface area contributed by atoms with Gasteiger partial charge in [0.2, 0.25) is 0 Å². The number of hydrogen-bond donors (Lipinski definition) is 0. The molecule has 0 saturated carbocycles. The standard InChI is InChI=1S/C32H64N2/c1-5-7-9-11-13-15-16-17-18-19-20-21-23-25-27-32-33(29-30-34(32)31(3)4)28-26-24-22-14-12-10-8-6-2/h29-32H,5-28H2,1-4H3. The third-order valence-corrected chi connectivity index (χ3v) is 7.84. The van der Waals surface area contributed by atoms with E-state index in [0.717, 1.165) is 0 Å². The highest BCUT2D eigenvalue weighted by molar-refractivity contribution is 4.98. The molecule has 1 atom stereocenters. The predicted octanol–water partition coefficient (Wildman–Crippen LogP) is 10.8. The van der Waals surface area contributed by atoms with E-state index in [1.165, 1.54) is 154 Å². The van der Waals surface area contributed by atoms with E-state index in [9.17, 15) is 0 Å². The Hall–Kier alpha value is -0.660. The molecule has 0 saturated heterocycles. The summed E-state index contributed by atoms with van der Waals surface area (Å²) in [5.74, 6) is 0. The first-order valence-electron chi connectivity index (χ1n) is 15.9. The first-order valence-corrected chi connectivity index (χ1v) is 15.9. The molecule has 0 fully saturated rings. The summed E-state index contributed by atoms with van der Waals surface area (Å²) >= 11 is 0. The van der Waals surface area contributed by atoms with E-state index >= 15 is 0 Å². The summed E-state index contributed by atoms with van der Waals surface area (Å²) in [6, 6.07) is 0.608. The quantitative estimate of drug-likeness (QED) is 0.121. The normalized spacial score (nSPS) is 15.9. The van der Waals surface area contributed by atoms with Crippen LogP contribution in [-0.2, 0) is 0 Å². The van der Waals surface area contributed by atoms with Gasteiger partial charge in [-0.1, -0.05) is 142 Å². The summed E-state index contributed by atoms with van der Waals surface area (Å²) < 4.78 is 0. The fraction of sp³-hybridized carbons (Fsp3) is 0.938. The Morgan fingerprint density at radius 1 is 0.500 bits per heavy atom. The van der Waals surface area contributed by atoms with Gasteiger partial charge in [-0.15, -0.1) is 0 Å². The van der Waals surface area contributed by atoms with Crippen LogP contribution in [0.25, 0.3) is 0 Å². The van der Waals surface area contributed by atoms with E-state index in [0.29, 0.717) is 12.2 Å². The summed E-state index contributed by atoms with van der Waals surface area (Å²) in [5, 5.41) is 0. The highest BCUT2D eigenvalue weighted by Gasteiger charge is 2.26. The zero-order valence-corrected chi connectivity index (χ0v) is 24.2. The first-order chi connectivity index (χ1) is 16.7. The Morgan fingerprint density at radius 3 is 1.29 bits per heavy atom. The second kappa shape index (κ2) is 22.8. The average molecular weight is 477 g/mol. The molecule has 1 unspecified atom stereocenters. The van der Waals surface area contributed by atoms with Gasteiger partial charge in [-0.2, -0.15) is 0 Å². The van der Waals surface area contributed by atoms with Crippen LogP contribution in [-0.4, -0.2) is 28.6 Å². The van der Waals surface area contributed by atoms with Crippen molar-refractivity contribution in [3.05, 3.63) is 12.4 Å². The van der Waals surface area contributed by atoms with Gasteiger partial charge < -0.3 is 9.80 Å². The minimum atomic E-state index is 0.608. The van der Waals surface area contributed by atoms with Gasteiger partial charge in [0, 0.05) is 25.0 Å². The Balaban J connectivity index is 2.04. The summed E-state index contributed by atoms with van der Waals surface area (Å²) in [7, 11) is 0. The Bertz CT molecular complexity index is 444. The van der Waals surface area contributed by atoms with Crippen LogP contribution < -0.4 is 0 Å². The molecule has 1 aliphatic heterocycles. The van der Waals surface area contributed by atoms with Crippen LogP contribution in [0.4, 0.5) is 0 Å². The van der Waals surface area contributed by atoms with Crippen LogP contribution in [0.1, 0.15) is 175 Å². The molecule has 0 aliphatic carbocycles. The summed E-state index contributed by atoms with van der Waals surface area (Å²) in [5.41, 5.74) is 0. The van der Waals surface area contributed by atoms with Crippen molar-refractivity contribution >= 4 is 0 Å². The van der Waals surface area contributed by atoms with Crippen LogP contribution in [0.3, 0.4) is 0 Å². The van der Waals surface area contributed by atoms with Gasteiger partial charge in [0.1, 0.15) is 6.17 Å². The topological polar surface area (TPSA) is 6.48 Å². The Kier molecular flexibility index (Phi) is 21.0. The van der Waals surface area contributed by atoms with Crippen molar-refractivity contribution in [1.29, 1.82) is 0 Å². The van der Waals surface area contributed by atoms with Crippen LogP contribution in [0.15, 0.2) is 12.4 Å². The third kappa shape index (κ3) is 16.1. The van der Waals surface area contributed by atoms with Crippen molar-refractivity contribution in [3.63, 3.8) is 0 Å². The second-order valence-corrected chi connectivity index (χ2v) is 11.4. The molecule has 0 spiro atoms. The number of hydrogen-bond acceptors (Lipinski definition) is 2. The third-order valence-electron chi connectivity index (χ3n) is 7.84. The van der Waals surface area contributed by atoms with Crippen LogP contribution in [0, 0.1) is 0 Å². The maximum atomic E-state index is 2.65. The van der Waals surface area contributed by atoms with Crippen LogP contribution >= 0.6 is 0 Å². The predicted molar refractivity (Wildman–Crippen MR) is 154 cm³/mol. The summed E-state index contributed by atoms with van der Waals surface area (Å²) in [6.45, 7) is 10.6. The molecule has 1 aliphatic rings. The van der Waals surface area contributed by atoms with Crippen molar-refractivity contribution in [2.24, 2.45) is 0 Å². The summed E-state index contributed by atoms with van der Waals surface area (Å²) in [6.07, 6.45) is 38.2. The summed E-state index contributed by atoms with van der Waals surface area (Å²) in [4.78, 5) is 5.26. The maximum Gasteiger partial charge on any atom is 0.101 e. The second-order valence-electron chi connectivity index (χ2n) is 11.4. The van der Waals surface area contributed by atoms with Gasteiger partial charge in [0.15, 0.2) is 0 Å². The zero-order chi connectivity index (χ0) is 24.7. The van der Waals surface area contributed by atoms with E-state index < -0.39 is 0 Å². The molecule has 0 N–H and O–H groups in total. The van der Waals surface area contributed by atoms with Crippen LogP contribution in [0.2, 0.25) is 0 Å². The fourth-order valence-electron chi connectivity index (χ4n) is 5.54. The molecular formula is C32H64N2. The number of unbranched alkanes of at least 4 members (excludes halogenated alkanes) is 20. The molecule has 2 nitrogen and oxygen atoms in total. The minimum Gasteiger partial charge on any atom is -0.356 e. The van der Waals surface area contributed by atoms with E-state index in [1.807, 2.05) is 0 Å². The average Bonchev–Trinajstić information content (AvgIpc) is 3.24. The molecule has 2 heteroatoms. The Labute approximate surface area is 216 Å². The van der Waals surface area contributed by atoms with E-state index in [1.54, 1.807) is 0 Å². The smallest absolute Gasteiger partial charge is 0.101 e. The molecule has 0 aromatic carbocycles. The molecule has 1 heterocycles. The van der Waals surface area contributed by atoms with Crippen molar-refractivity contribution in [3.8, 4) is 0 Å². The van der Waals surface area contributed by atoms with Crippen molar-refractivity contribution in [2.75, 3.05) is 6.54 Å². The lowest BCUT2D eigenvalue weighted by atomic mass is 10.0. The highest BCUT2D eigenvalue weighted by Crippen LogP contribution is 2.25.